The molecule has 1 aromatic carbocycles. The first-order valence-electron chi connectivity index (χ1n) is 7.62. The molecule has 2 aromatic rings. The fourth-order valence-electron chi connectivity index (χ4n) is 1.86. The molecule has 0 saturated carbocycles. The average Bonchev–Trinajstić information content (AvgIpc) is 3.00. The van der Waals surface area contributed by atoms with Crippen molar-refractivity contribution in [2.45, 2.75) is 36.0 Å². The molecule has 5 nitrogen and oxygen atoms in total. The first-order valence-corrected chi connectivity index (χ1v) is 9.69. The Kier molecular flexibility index (Phi) is 7.13. The lowest BCUT2D eigenvalue weighted by Crippen LogP contribution is -2.24. The quantitative estimate of drug-likeness (QED) is 0.601. The highest BCUT2D eigenvalue weighted by Gasteiger charge is 2.34. The minimum atomic E-state index is -4.62. The van der Waals surface area contributed by atoms with E-state index in [2.05, 4.69) is 20.8 Å². The average molecular weight is 425 g/mol. The number of thioether (sulfide) groups is 1. The van der Waals surface area contributed by atoms with Crippen LogP contribution in [0.15, 0.2) is 22.5 Å². The molecule has 0 spiro atoms. The molecule has 1 heterocycles. The highest BCUT2D eigenvalue weighted by Crippen LogP contribution is 2.37. The Morgan fingerprint density at radius 3 is 2.77 bits per heavy atom. The van der Waals surface area contributed by atoms with E-state index < -0.39 is 22.9 Å². The molecule has 2 rings (SSSR count). The van der Waals surface area contributed by atoms with Crippen LogP contribution in [0.2, 0.25) is 5.02 Å². The number of nitrogens with zero attached hydrogens (tertiary/aromatic N) is 2. The van der Waals surface area contributed by atoms with Crippen LogP contribution in [-0.4, -0.2) is 27.9 Å². The number of hydrogen-bond acceptors (Lipinski definition) is 6. The zero-order valence-electron chi connectivity index (χ0n) is 13.9. The van der Waals surface area contributed by atoms with E-state index in [4.69, 9.17) is 11.6 Å². The SMILES string of the molecule is CCCNc1nnc(SC(C)C(=O)Nc2ccc(Cl)cc2C(F)(F)F)s1. The van der Waals surface area contributed by atoms with E-state index in [1.807, 2.05) is 6.92 Å². The largest absolute Gasteiger partial charge is 0.418 e. The fraction of sp³-hybridized carbons (Fsp3) is 0.400. The summed E-state index contributed by atoms with van der Waals surface area (Å²) in [5.74, 6) is -0.568. The van der Waals surface area contributed by atoms with Gasteiger partial charge < -0.3 is 10.6 Å². The molecule has 0 aliphatic carbocycles. The van der Waals surface area contributed by atoms with Crippen LogP contribution in [0.1, 0.15) is 25.8 Å². The molecule has 11 heteroatoms. The van der Waals surface area contributed by atoms with Crippen LogP contribution in [0.5, 0.6) is 0 Å². The minimum absolute atomic E-state index is 0.0567. The van der Waals surface area contributed by atoms with Gasteiger partial charge in [0, 0.05) is 11.6 Å². The molecule has 0 bridgehead atoms. The number of alkyl halides is 3. The molecular formula is C15H16ClF3N4OS2. The zero-order valence-corrected chi connectivity index (χ0v) is 16.2. The Bertz CT molecular complexity index is 770. The van der Waals surface area contributed by atoms with Crippen molar-refractivity contribution in [3.8, 4) is 0 Å². The van der Waals surface area contributed by atoms with Gasteiger partial charge in [-0.2, -0.15) is 13.2 Å². The van der Waals surface area contributed by atoms with Gasteiger partial charge in [-0.1, -0.05) is 41.6 Å². The molecule has 1 amide bonds. The maximum atomic E-state index is 13.1. The van der Waals surface area contributed by atoms with Gasteiger partial charge in [0.1, 0.15) is 0 Å². The number of nitrogens with one attached hydrogen (secondary N) is 2. The van der Waals surface area contributed by atoms with Crippen LogP contribution < -0.4 is 10.6 Å². The molecule has 0 radical (unpaired) electrons. The number of amides is 1. The summed E-state index contributed by atoms with van der Waals surface area (Å²) in [6.45, 7) is 4.36. The highest BCUT2D eigenvalue weighted by atomic mass is 35.5. The number of hydrogen-bond donors (Lipinski definition) is 2. The van der Waals surface area contributed by atoms with Gasteiger partial charge in [0.25, 0.3) is 0 Å². The van der Waals surface area contributed by atoms with Crippen molar-refractivity contribution in [1.82, 2.24) is 10.2 Å². The second-order valence-corrected chi connectivity index (χ2v) is 8.24. The monoisotopic (exact) mass is 424 g/mol. The maximum Gasteiger partial charge on any atom is 0.418 e. The van der Waals surface area contributed by atoms with Crippen LogP contribution in [0, 0.1) is 0 Å². The molecule has 1 aromatic heterocycles. The number of anilines is 2. The Morgan fingerprint density at radius 2 is 2.12 bits per heavy atom. The minimum Gasteiger partial charge on any atom is -0.360 e. The predicted octanol–water partition coefficient (Wildman–Crippen LogP) is 5.15. The lowest BCUT2D eigenvalue weighted by Gasteiger charge is -2.16. The Labute approximate surface area is 161 Å². The molecule has 1 atom stereocenters. The van der Waals surface area contributed by atoms with E-state index in [1.165, 1.54) is 17.4 Å². The first-order chi connectivity index (χ1) is 12.2. The van der Waals surface area contributed by atoms with Gasteiger partial charge in [-0.25, -0.2) is 0 Å². The third kappa shape index (κ3) is 5.75. The molecule has 0 aliphatic heterocycles. The van der Waals surface area contributed by atoms with Crippen LogP contribution in [0.3, 0.4) is 0 Å². The summed E-state index contributed by atoms with van der Waals surface area (Å²) in [4.78, 5) is 12.3. The summed E-state index contributed by atoms with van der Waals surface area (Å²) in [5, 5.41) is 13.2. The van der Waals surface area contributed by atoms with E-state index in [-0.39, 0.29) is 10.7 Å². The van der Waals surface area contributed by atoms with Gasteiger partial charge in [-0.05, 0) is 31.5 Å². The van der Waals surface area contributed by atoms with E-state index in [0.717, 1.165) is 36.9 Å². The highest BCUT2D eigenvalue weighted by molar-refractivity contribution is 8.02. The standard InChI is InChI=1S/C15H16ClF3N4OS2/c1-3-6-20-13-22-23-14(26-13)25-8(2)12(24)21-11-5-4-9(16)7-10(11)15(17,18)19/h4-5,7-8H,3,6H2,1-2H3,(H,20,22)(H,21,24). The molecule has 26 heavy (non-hydrogen) atoms. The first kappa shape index (κ1) is 20.8. The summed E-state index contributed by atoms with van der Waals surface area (Å²) >= 11 is 8.04. The number of carbonyl (C=O) groups excluding carboxylic acids is 1. The summed E-state index contributed by atoms with van der Waals surface area (Å²) in [6, 6.07) is 3.21. The molecule has 0 aliphatic rings. The molecule has 1 unspecified atom stereocenters. The normalized spacial score (nSPS) is 12.7. The topological polar surface area (TPSA) is 66.9 Å². The van der Waals surface area contributed by atoms with E-state index in [0.29, 0.717) is 9.47 Å². The summed E-state index contributed by atoms with van der Waals surface area (Å²) in [7, 11) is 0. The summed E-state index contributed by atoms with van der Waals surface area (Å²) in [5.41, 5.74) is -1.32. The lowest BCUT2D eigenvalue weighted by atomic mass is 10.1. The Balaban J connectivity index is 2.04. The number of halogens is 4. The lowest BCUT2D eigenvalue weighted by molar-refractivity contribution is -0.137. The number of rotatable bonds is 7. The molecular weight excluding hydrogens is 409 g/mol. The maximum absolute atomic E-state index is 13.1. The second kappa shape index (κ2) is 8.92. The zero-order chi connectivity index (χ0) is 19.3. The number of benzene rings is 1. The Hall–Kier alpha value is -1.52. The smallest absolute Gasteiger partial charge is 0.360 e. The molecule has 142 valence electrons. The van der Waals surface area contributed by atoms with Gasteiger partial charge in [-0.15, -0.1) is 10.2 Å². The number of carbonyl (C=O) groups is 1. The second-order valence-electron chi connectivity index (χ2n) is 5.24. The van der Waals surface area contributed by atoms with Crippen LogP contribution in [-0.2, 0) is 11.0 Å². The van der Waals surface area contributed by atoms with Crippen molar-refractivity contribution in [2.75, 3.05) is 17.2 Å². The van der Waals surface area contributed by atoms with Crippen LogP contribution >= 0.6 is 34.7 Å². The molecule has 0 saturated heterocycles. The third-order valence-corrected chi connectivity index (χ3v) is 5.42. The van der Waals surface area contributed by atoms with Gasteiger partial charge in [0.15, 0.2) is 4.34 Å². The van der Waals surface area contributed by atoms with Gasteiger partial charge in [0.2, 0.25) is 11.0 Å². The van der Waals surface area contributed by atoms with Gasteiger partial charge in [-0.3, -0.25) is 4.79 Å². The van der Waals surface area contributed by atoms with E-state index >= 15 is 0 Å². The van der Waals surface area contributed by atoms with Gasteiger partial charge >= 0.3 is 6.18 Å². The van der Waals surface area contributed by atoms with Gasteiger partial charge in [0.05, 0.1) is 16.5 Å². The van der Waals surface area contributed by atoms with Crippen LogP contribution in [0.4, 0.5) is 24.0 Å². The predicted molar refractivity (Wildman–Crippen MR) is 99.1 cm³/mol. The Morgan fingerprint density at radius 1 is 1.38 bits per heavy atom. The number of aromatic nitrogens is 2. The summed E-state index contributed by atoms with van der Waals surface area (Å²) in [6.07, 6.45) is -3.69. The van der Waals surface area contributed by atoms with Crippen LogP contribution in [0.25, 0.3) is 0 Å². The van der Waals surface area contributed by atoms with Crippen molar-refractivity contribution in [2.24, 2.45) is 0 Å². The van der Waals surface area contributed by atoms with E-state index in [1.54, 1.807) is 6.92 Å². The fourth-order valence-corrected chi connectivity index (χ4v) is 3.95. The van der Waals surface area contributed by atoms with Crippen molar-refractivity contribution in [3.63, 3.8) is 0 Å². The van der Waals surface area contributed by atoms with Crippen molar-refractivity contribution in [3.05, 3.63) is 28.8 Å². The third-order valence-electron chi connectivity index (χ3n) is 3.12. The molecule has 0 fully saturated rings. The van der Waals surface area contributed by atoms with Crippen molar-refractivity contribution >= 4 is 51.4 Å². The van der Waals surface area contributed by atoms with Crippen molar-refractivity contribution < 1.29 is 18.0 Å². The van der Waals surface area contributed by atoms with Crippen molar-refractivity contribution in [1.29, 1.82) is 0 Å². The summed E-state index contributed by atoms with van der Waals surface area (Å²) < 4.78 is 39.8. The molecule has 2 N–H and O–H groups in total. The van der Waals surface area contributed by atoms with E-state index in [9.17, 15) is 18.0 Å².